The number of carbonyl (C=O) groups excluding carboxylic acids is 1. The predicted octanol–water partition coefficient (Wildman–Crippen LogP) is 2.03. The van der Waals surface area contributed by atoms with Crippen molar-refractivity contribution < 1.29 is 18.7 Å². The lowest BCUT2D eigenvalue weighted by Gasteiger charge is -2.13. The van der Waals surface area contributed by atoms with Gasteiger partial charge in [-0.1, -0.05) is 11.6 Å². The fourth-order valence-electron chi connectivity index (χ4n) is 1.45. The number of ether oxygens (including phenoxy) is 2. The second-order valence-corrected chi connectivity index (χ2v) is 3.62. The van der Waals surface area contributed by atoms with Crippen LogP contribution in [0.5, 0.6) is 11.5 Å². The molecule has 2 N–H and O–H groups in total. The van der Waals surface area contributed by atoms with Crippen LogP contribution in [-0.4, -0.2) is 26.5 Å². The van der Waals surface area contributed by atoms with E-state index in [4.69, 9.17) is 26.8 Å². The van der Waals surface area contributed by atoms with E-state index < -0.39 is 5.82 Å². The molecule has 0 aromatic heterocycles. The van der Waals surface area contributed by atoms with Gasteiger partial charge in [0, 0.05) is 12.5 Å². The smallest absolute Gasteiger partial charge is 0.173 e. The maximum Gasteiger partial charge on any atom is 0.173 e. The molecule has 0 spiro atoms. The van der Waals surface area contributed by atoms with Gasteiger partial charge in [0.1, 0.15) is 5.82 Å². The van der Waals surface area contributed by atoms with E-state index in [-0.39, 0.29) is 40.8 Å². The van der Waals surface area contributed by atoms with Gasteiger partial charge >= 0.3 is 0 Å². The molecule has 0 saturated carbocycles. The second kappa shape index (κ2) is 5.84. The number of carbonyl (C=O) groups is 1. The molecule has 0 aliphatic carbocycles. The average Bonchev–Trinajstić information content (AvgIpc) is 2.31. The van der Waals surface area contributed by atoms with E-state index in [1.165, 1.54) is 14.2 Å². The summed E-state index contributed by atoms with van der Waals surface area (Å²) in [6, 6.07) is 1.07. The van der Waals surface area contributed by atoms with Crippen molar-refractivity contribution in [2.75, 3.05) is 20.8 Å². The maximum absolute atomic E-state index is 13.5. The first-order valence-corrected chi connectivity index (χ1v) is 5.27. The Morgan fingerprint density at radius 3 is 2.59 bits per heavy atom. The summed E-state index contributed by atoms with van der Waals surface area (Å²) in [5.74, 6) is -0.871. The lowest BCUT2D eigenvalue weighted by atomic mass is 10.1. The summed E-state index contributed by atoms with van der Waals surface area (Å²) in [4.78, 5) is 11.8. The zero-order valence-electron chi connectivity index (χ0n) is 9.55. The van der Waals surface area contributed by atoms with Crippen molar-refractivity contribution >= 4 is 17.4 Å². The minimum absolute atomic E-state index is 0.0310. The normalized spacial score (nSPS) is 10.2. The molecule has 0 heterocycles. The summed E-state index contributed by atoms with van der Waals surface area (Å²) in [6.45, 7) is 0.150. The van der Waals surface area contributed by atoms with Crippen molar-refractivity contribution in [2.24, 2.45) is 5.73 Å². The highest BCUT2D eigenvalue weighted by Gasteiger charge is 2.23. The molecule has 1 aromatic carbocycles. The number of hydrogen-bond acceptors (Lipinski definition) is 4. The van der Waals surface area contributed by atoms with Crippen LogP contribution in [0, 0.1) is 5.82 Å². The summed E-state index contributed by atoms with van der Waals surface area (Å²) >= 11 is 5.76. The van der Waals surface area contributed by atoms with Gasteiger partial charge in [0.2, 0.25) is 0 Å². The van der Waals surface area contributed by atoms with Gasteiger partial charge in [-0.25, -0.2) is 4.39 Å². The Hall–Kier alpha value is -1.33. The van der Waals surface area contributed by atoms with Gasteiger partial charge in [0.15, 0.2) is 17.3 Å². The molecule has 0 unspecified atom stereocenters. The molecule has 6 heteroatoms. The number of benzene rings is 1. The van der Waals surface area contributed by atoms with Crippen LogP contribution in [0.25, 0.3) is 0 Å². The quantitative estimate of drug-likeness (QED) is 0.824. The van der Waals surface area contributed by atoms with Crippen molar-refractivity contribution in [2.45, 2.75) is 6.42 Å². The Morgan fingerprint density at radius 2 is 2.12 bits per heavy atom. The number of halogens is 2. The van der Waals surface area contributed by atoms with Crippen LogP contribution in [0.3, 0.4) is 0 Å². The molecule has 4 nitrogen and oxygen atoms in total. The number of methoxy groups -OCH3 is 2. The van der Waals surface area contributed by atoms with Crippen molar-refractivity contribution in [1.29, 1.82) is 0 Å². The van der Waals surface area contributed by atoms with Crippen LogP contribution in [0.15, 0.2) is 6.07 Å². The Bertz CT molecular complexity index is 437. The van der Waals surface area contributed by atoms with Crippen LogP contribution in [0.1, 0.15) is 16.8 Å². The first kappa shape index (κ1) is 13.7. The fourth-order valence-corrected chi connectivity index (χ4v) is 1.69. The lowest BCUT2D eigenvalue weighted by molar-refractivity contribution is 0.0981. The Kier molecular flexibility index (Phi) is 4.72. The Morgan fingerprint density at radius 1 is 1.47 bits per heavy atom. The largest absolute Gasteiger partial charge is 0.493 e. The van der Waals surface area contributed by atoms with Crippen LogP contribution in [0.2, 0.25) is 5.02 Å². The molecule has 0 aliphatic heterocycles. The second-order valence-electron chi connectivity index (χ2n) is 3.24. The molecular formula is C11H13ClFNO3. The zero-order valence-corrected chi connectivity index (χ0v) is 10.3. The first-order valence-electron chi connectivity index (χ1n) is 4.90. The number of rotatable bonds is 5. The average molecular weight is 262 g/mol. The molecule has 94 valence electrons. The number of nitrogens with two attached hydrogens (primary N) is 1. The highest BCUT2D eigenvalue weighted by molar-refractivity contribution is 6.34. The van der Waals surface area contributed by atoms with Crippen LogP contribution >= 0.6 is 11.6 Å². The monoisotopic (exact) mass is 261 g/mol. The van der Waals surface area contributed by atoms with E-state index in [2.05, 4.69) is 0 Å². The van der Waals surface area contributed by atoms with Gasteiger partial charge in [0.05, 0.1) is 24.8 Å². The SMILES string of the molecule is COc1cc(F)c(Cl)c(C(=O)CCN)c1OC. The number of ketones is 1. The van der Waals surface area contributed by atoms with E-state index in [9.17, 15) is 9.18 Å². The van der Waals surface area contributed by atoms with Gasteiger partial charge < -0.3 is 15.2 Å². The molecule has 1 aromatic rings. The molecular weight excluding hydrogens is 249 g/mol. The fraction of sp³-hybridized carbons (Fsp3) is 0.364. The van der Waals surface area contributed by atoms with Crippen LogP contribution in [0.4, 0.5) is 4.39 Å². The summed E-state index contributed by atoms with van der Waals surface area (Å²) in [7, 11) is 2.70. The van der Waals surface area contributed by atoms with E-state index in [0.29, 0.717) is 0 Å². The van der Waals surface area contributed by atoms with Crippen molar-refractivity contribution in [3.05, 3.63) is 22.5 Å². The highest BCUT2D eigenvalue weighted by Crippen LogP contribution is 2.38. The molecule has 0 fully saturated rings. The molecule has 0 bridgehead atoms. The molecule has 0 aliphatic rings. The third-order valence-electron chi connectivity index (χ3n) is 2.21. The topological polar surface area (TPSA) is 61.5 Å². The Labute approximate surface area is 103 Å². The molecule has 0 saturated heterocycles. The molecule has 0 atom stereocenters. The van der Waals surface area contributed by atoms with Gasteiger partial charge in [-0.2, -0.15) is 0 Å². The Balaban J connectivity index is 3.43. The van der Waals surface area contributed by atoms with E-state index in [1.54, 1.807) is 0 Å². The summed E-state index contributed by atoms with van der Waals surface area (Å²) in [5, 5.41) is -0.277. The third-order valence-corrected chi connectivity index (χ3v) is 2.58. The molecule has 1 rings (SSSR count). The van der Waals surface area contributed by atoms with Gasteiger partial charge in [-0.05, 0) is 6.54 Å². The lowest BCUT2D eigenvalue weighted by Crippen LogP contribution is -2.11. The summed E-state index contributed by atoms with van der Waals surface area (Å²) in [6.07, 6.45) is 0.0582. The van der Waals surface area contributed by atoms with E-state index in [1.807, 2.05) is 0 Å². The number of Topliss-reactive ketones (excluding diaryl/α,β-unsaturated/α-hetero) is 1. The van der Waals surface area contributed by atoms with E-state index >= 15 is 0 Å². The van der Waals surface area contributed by atoms with Crippen molar-refractivity contribution in [3.8, 4) is 11.5 Å². The third kappa shape index (κ3) is 2.68. The molecule has 0 amide bonds. The van der Waals surface area contributed by atoms with Crippen molar-refractivity contribution in [1.82, 2.24) is 0 Å². The first-order chi connectivity index (χ1) is 8.06. The van der Waals surface area contributed by atoms with Gasteiger partial charge in [0.25, 0.3) is 0 Å². The zero-order chi connectivity index (χ0) is 13.0. The van der Waals surface area contributed by atoms with Gasteiger partial charge in [-0.15, -0.1) is 0 Å². The van der Waals surface area contributed by atoms with Crippen LogP contribution in [-0.2, 0) is 0 Å². The molecule has 17 heavy (non-hydrogen) atoms. The van der Waals surface area contributed by atoms with Gasteiger partial charge in [-0.3, -0.25) is 4.79 Å². The van der Waals surface area contributed by atoms with Crippen molar-refractivity contribution in [3.63, 3.8) is 0 Å². The molecule has 0 radical (unpaired) electrons. The maximum atomic E-state index is 13.5. The standard InChI is InChI=1S/C11H13ClFNO3/c1-16-8-5-6(13)10(12)9(11(8)17-2)7(15)3-4-14/h5H,3-4,14H2,1-2H3. The van der Waals surface area contributed by atoms with E-state index in [0.717, 1.165) is 6.07 Å². The highest BCUT2D eigenvalue weighted by atomic mass is 35.5. The summed E-state index contributed by atoms with van der Waals surface area (Å²) < 4.78 is 23.5. The summed E-state index contributed by atoms with van der Waals surface area (Å²) in [5.41, 5.74) is 5.26. The minimum atomic E-state index is -0.732. The minimum Gasteiger partial charge on any atom is -0.493 e. The number of hydrogen-bond donors (Lipinski definition) is 1. The van der Waals surface area contributed by atoms with Crippen LogP contribution < -0.4 is 15.2 Å². The predicted molar refractivity (Wildman–Crippen MR) is 62.5 cm³/mol.